The highest BCUT2D eigenvalue weighted by atomic mass is 16.5. The first-order chi connectivity index (χ1) is 8.13. The minimum Gasteiger partial charge on any atom is -0.378 e. The number of anilines is 1. The van der Waals surface area contributed by atoms with Crippen molar-refractivity contribution in [3.63, 3.8) is 0 Å². The first kappa shape index (κ1) is 13.5. The summed E-state index contributed by atoms with van der Waals surface area (Å²) in [7, 11) is 5.54. The first-order valence-electron chi connectivity index (χ1n) is 5.65. The minimum atomic E-state index is -0.0718. The molecule has 1 aromatic rings. The van der Waals surface area contributed by atoms with E-state index in [9.17, 15) is 4.79 Å². The zero-order valence-corrected chi connectivity index (χ0v) is 10.7. The molecule has 0 aromatic heterocycles. The molecule has 1 rings (SSSR count). The van der Waals surface area contributed by atoms with Crippen LogP contribution in [0.1, 0.15) is 5.56 Å². The third kappa shape index (κ3) is 4.87. The molecule has 0 aliphatic heterocycles. The van der Waals surface area contributed by atoms with Crippen molar-refractivity contribution in [2.45, 2.75) is 6.42 Å². The van der Waals surface area contributed by atoms with Gasteiger partial charge in [-0.05, 0) is 24.1 Å². The molecular weight excluding hydrogens is 216 g/mol. The highest BCUT2D eigenvalue weighted by molar-refractivity contribution is 5.77. The third-order valence-electron chi connectivity index (χ3n) is 2.46. The van der Waals surface area contributed by atoms with E-state index in [1.807, 2.05) is 14.1 Å². The second-order valence-electron chi connectivity index (χ2n) is 4.09. The zero-order chi connectivity index (χ0) is 12.7. The molecule has 0 bridgehead atoms. The Kier molecular flexibility index (Phi) is 5.49. The van der Waals surface area contributed by atoms with Crippen LogP contribution in [0.4, 0.5) is 5.69 Å². The molecule has 0 unspecified atom stereocenters. The van der Waals surface area contributed by atoms with Gasteiger partial charge in [-0.3, -0.25) is 4.79 Å². The number of hydrogen-bond donors (Lipinski definition) is 1. The molecule has 1 N–H and O–H groups in total. The fraction of sp³-hybridized carbons (Fsp3) is 0.462. The summed E-state index contributed by atoms with van der Waals surface area (Å²) < 4.78 is 4.73. The quantitative estimate of drug-likeness (QED) is 0.803. The highest BCUT2D eigenvalue weighted by Gasteiger charge is 2.00. The van der Waals surface area contributed by atoms with Crippen LogP contribution in [-0.2, 0) is 16.0 Å². The van der Waals surface area contributed by atoms with Gasteiger partial charge in [-0.1, -0.05) is 12.1 Å². The topological polar surface area (TPSA) is 41.6 Å². The molecule has 1 aromatic carbocycles. The van der Waals surface area contributed by atoms with Crippen molar-refractivity contribution < 1.29 is 9.53 Å². The predicted octanol–water partition coefficient (Wildman–Crippen LogP) is 1.06. The summed E-state index contributed by atoms with van der Waals surface area (Å²) in [6.07, 6.45) is 0.836. The normalized spacial score (nSPS) is 10.1. The predicted molar refractivity (Wildman–Crippen MR) is 69.4 cm³/mol. The van der Waals surface area contributed by atoms with E-state index in [-0.39, 0.29) is 12.5 Å². The fourth-order valence-electron chi connectivity index (χ4n) is 1.49. The lowest BCUT2D eigenvalue weighted by molar-refractivity contribution is -0.124. The average Bonchev–Trinajstić information content (AvgIpc) is 2.30. The molecular formula is C13H20N2O2. The summed E-state index contributed by atoms with van der Waals surface area (Å²) in [5.41, 5.74) is 2.39. The Bertz CT molecular complexity index is 347. The summed E-state index contributed by atoms with van der Waals surface area (Å²) in [5.74, 6) is -0.0718. The van der Waals surface area contributed by atoms with Gasteiger partial charge in [0, 0.05) is 33.4 Å². The summed E-state index contributed by atoms with van der Waals surface area (Å²) in [5, 5.41) is 2.80. The maximum atomic E-state index is 11.1. The Morgan fingerprint density at radius 2 is 1.94 bits per heavy atom. The number of hydrogen-bond acceptors (Lipinski definition) is 3. The number of amides is 1. The van der Waals surface area contributed by atoms with E-state index < -0.39 is 0 Å². The zero-order valence-electron chi connectivity index (χ0n) is 10.7. The molecule has 4 nitrogen and oxygen atoms in total. The van der Waals surface area contributed by atoms with Gasteiger partial charge in [0.25, 0.3) is 0 Å². The van der Waals surface area contributed by atoms with Crippen LogP contribution in [0, 0.1) is 0 Å². The molecule has 17 heavy (non-hydrogen) atoms. The summed E-state index contributed by atoms with van der Waals surface area (Å²) in [6.45, 7) is 0.767. The third-order valence-corrected chi connectivity index (χ3v) is 2.46. The van der Waals surface area contributed by atoms with Crippen LogP contribution in [0.15, 0.2) is 24.3 Å². The standard InChI is InChI=1S/C13H20N2O2/c1-15(2)12-6-4-11(5-7-12)8-9-14-13(16)10-17-3/h4-7H,8-10H2,1-3H3,(H,14,16). The fourth-order valence-corrected chi connectivity index (χ4v) is 1.49. The van der Waals surface area contributed by atoms with Crippen LogP contribution in [0.3, 0.4) is 0 Å². The van der Waals surface area contributed by atoms with Crippen molar-refractivity contribution in [3.8, 4) is 0 Å². The van der Waals surface area contributed by atoms with Gasteiger partial charge in [0.05, 0.1) is 0 Å². The van der Waals surface area contributed by atoms with Gasteiger partial charge < -0.3 is 15.0 Å². The summed E-state index contributed by atoms with van der Waals surface area (Å²) >= 11 is 0. The van der Waals surface area contributed by atoms with Crippen LogP contribution in [-0.4, -0.2) is 40.3 Å². The van der Waals surface area contributed by atoms with Crippen molar-refractivity contribution in [2.75, 3.05) is 39.3 Å². The maximum Gasteiger partial charge on any atom is 0.245 e. The molecule has 0 heterocycles. The summed E-state index contributed by atoms with van der Waals surface area (Å²) in [4.78, 5) is 13.2. The lowest BCUT2D eigenvalue weighted by Crippen LogP contribution is -2.28. The Morgan fingerprint density at radius 3 is 2.47 bits per heavy atom. The van der Waals surface area contributed by atoms with Crippen molar-refractivity contribution in [1.29, 1.82) is 0 Å². The van der Waals surface area contributed by atoms with E-state index in [1.165, 1.54) is 18.4 Å². The van der Waals surface area contributed by atoms with Gasteiger partial charge in [-0.15, -0.1) is 0 Å². The molecule has 0 spiro atoms. The van der Waals surface area contributed by atoms with Crippen molar-refractivity contribution in [2.24, 2.45) is 0 Å². The van der Waals surface area contributed by atoms with Gasteiger partial charge in [0.15, 0.2) is 0 Å². The molecule has 0 radical (unpaired) electrons. The van der Waals surface area contributed by atoms with Gasteiger partial charge in [-0.25, -0.2) is 0 Å². The number of nitrogens with zero attached hydrogens (tertiary/aromatic N) is 1. The molecule has 1 amide bonds. The van der Waals surface area contributed by atoms with Crippen LogP contribution >= 0.6 is 0 Å². The average molecular weight is 236 g/mol. The van der Waals surface area contributed by atoms with Crippen molar-refractivity contribution >= 4 is 11.6 Å². The lowest BCUT2D eigenvalue weighted by Gasteiger charge is -2.12. The van der Waals surface area contributed by atoms with E-state index in [0.717, 1.165) is 6.42 Å². The number of ether oxygens (including phenoxy) is 1. The molecule has 0 atom stereocenters. The second kappa shape index (κ2) is 6.91. The van der Waals surface area contributed by atoms with Crippen LogP contribution in [0.25, 0.3) is 0 Å². The smallest absolute Gasteiger partial charge is 0.245 e. The van der Waals surface area contributed by atoms with E-state index in [2.05, 4.69) is 34.5 Å². The van der Waals surface area contributed by atoms with Crippen molar-refractivity contribution in [3.05, 3.63) is 29.8 Å². The minimum absolute atomic E-state index is 0.0718. The van der Waals surface area contributed by atoms with Crippen LogP contribution in [0.5, 0.6) is 0 Å². The van der Waals surface area contributed by atoms with Gasteiger partial charge >= 0.3 is 0 Å². The number of carbonyl (C=O) groups excluding carboxylic acids is 1. The molecule has 0 aliphatic carbocycles. The van der Waals surface area contributed by atoms with E-state index in [4.69, 9.17) is 4.74 Å². The van der Waals surface area contributed by atoms with Crippen molar-refractivity contribution in [1.82, 2.24) is 5.32 Å². The number of nitrogens with one attached hydrogen (secondary N) is 1. The van der Waals surface area contributed by atoms with Crippen LogP contribution in [0.2, 0.25) is 0 Å². The van der Waals surface area contributed by atoms with Crippen LogP contribution < -0.4 is 10.2 Å². The Balaban J connectivity index is 2.35. The molecule has 0 aliphatic rings. The molecule has 0 fully saturated rings. The number of rotatable bonds is 6. The molecule has 0 saturated heterocycles. The number of methoxy groups -OCH3 is 1. The highest BCUT2D eigenvalue weighted by Crippen LogP contribution is 2.12. The molecule has 0 saturated carbocycles. The van der Waals surface area contributed by atoms with Gasteiger partial charge in [0.2, 0.25) is 5.91 Å². The van der Waals surface area contributed by atoms with E-state index >= 15 is 0 Å². The molecule has 4 heteroatoms. The Morgan fingerprint density at radius 1 is 1.29 bits per heavy atom. The number of benzene rings is 1. The number of carbonyl (C=O) groups is 1. The molecule has 94 valence electrons. The lowest BCUT2D eigenvalue weighted by atomic mass is 10.1. The Labute approximate surface area is 103 Å². The SMILES string of the molecule is COCC(=O)NCCc1ccc(N(C)C)cc1. The van der Waals surface area contributed by atoms with Gasteiger partial charge in [0.1, 0.15) is 6.61 Å². The maximum absolute atomic E-state index is 11.1. The first-order valence-corrected chi connectivity index (χ1v) is 5.65. The van der Waals surface area contributed by atoms with E-state index in [0.29, 0.717) is 6.54 Å². The van der Waals surface area contributed by atoms with Gasteiger partial charge in [-0.2, -0.15) is 0 Å². The Hall–Kier alpha value is -1.55. The monoisotopic (exact) mass is 236 g/mol. The second-order valence-corrected chi connectivity index (χ2v) is 4.09. The van der Waals surface area contributed by atoms with E-state index in [1.54, 1.807) is 0 Å². The largest absolute Gasteiger partial charge is 0.378 e. The summed E-state index contributed by atoms with van der Waals surface area (Å²) in [6, 6.07) is 8.31.